The molecule has 192 valence electrons. The molecule has 0 aromatic heterocycles. The summed E-state index contributed by atoms with van der Waals surface area (Å²) in [5.74, 6) is -1.20. The van der Waals surface area contributed by atoms with Gasteiger partial charge in [0.05, 0.1) is 12.1 Å². The fourth-order valence-electron chi connectivity index (χ4n) is 3.85. The number of carboxylic acid groups (broad SMARTS) is 1. The Morgan fingerprint density at radius 3 is 2.35 bits per heavy atom. The average Bonchev–Trinajstić information content (AvgIpc) is 3.23. The summed E-state index contributed by atoms with van der Waals surface area (Å²) in [5, 5.41) is 17.7. The second-order valence-electron chi connectivity index (χ2n) is 10.1. The molecule has 0 bridgehead atoms. The number of rotatable bonds is 10. The summed E-state index contributed by atoms with van der Waals surface area (Å²) in [7, 11) is 0. The molecule has 12 heteroatoms. The highest BCUT2D eigenvalue weighted by Crippen LogP contribution is 2.28. The van der Waals surface area contributed by atoms with Crippen molar-refractivity contribution >= 4 is 35.3 Å². The van der Waals surface area contributed by atoms with E-state index in [-0.39, 0.29) is 24.4 Å². The van der Waals surface area contributed by atoms with Crippen molar-refractivity contribution in [2.75, 3.05) is 45.9 Å². The first-order valence-corrected chi connectivity index (χ1v) is 12.7. The summed E-state index contributed by atoms with van der Waals surface area (Å²) in [5.41, 5.74) is 1.15. The molecular formula is C22H39N7O4S. The van der Waals surface area contributed by atoms with Crippen LogP contribution in [-0.2, 0) is 14.4 Å². The maximum Gasteiger partial charge on any atom is 0.317 e. The van der Waals surface area contributed by atoms with Crippen LogP contribution in [0.4, 0.5) is 0 Å². The third kappa shape index (κ3) is 8.95. The van der Waals surface area contributed by atoms with Crippen molar-refractivity contribution < 1.29 is 19.5 Å². The van der Waals surface area contributed by atoms with E-state index in [2.05, 4.69) is 24.8 Å². The molecule has 0 aromatic carbocycles. The van der Waals surface area contributed by atoms with Crippen LogP contribution in [0.1, 0.15) is 47.5 Å². The van der Waals surface area contributed by atoms with Crippen LogP contribution in [0.2, 0.25) is 0 Å². The van der Waals surface area contributed by atoms with Crippen LogP contribution >= 0.6 is 11.9 Å². The van der Waals surface area contributed by atoms with E-state index >= 15 is 0 Å². The molecule has 2 amide bonds. The Bertz CT molecular complexity index is 761. The first-order chi connectivity index (χ1) is 16.0. The minimum atomic E-state index is -0.823. The van der Waals surface area contributed by atoms with Crippen LogP contribution in [0.15, 0.2) is 15.2 Å². The highest BCUT2D eigenvalue weighted by molar-refractivity contribution is 8.10. The van der Waals surface area contributed by atoms with Gasteiger partial charge in [0, 0.05) is 38.8 Å². The van der Waals surface area contributed by atoms with Gasteiger partial charge >= 0.3 is 5.97 Å². The number of aliphatic imine (C=N–C) groups is 1. The van der Waals surface area contributed by atoms with Gasteiger partial charge in [0.15, 0.2) is 6.04 Å². The number of likely N-dealkylation sites (tertiary alicyclic amines) is 1. The smallest absolute Gasteiger partial charge is 0.317 e. The second kappa shape index (κ2) is 13.1. The lowest BCUT2D eigenvalue weighted by atomic mass is 9.86. The molecule has 11 nitrogen and oxygen atoms in total. The van der Waals surface area contributed by atoms with Gasteiger partial charge in [-0.2, -0.15) is 10.2 Å². The number of aliphatic carboxylic acids is 1. The van der Waals surface area contributed by atoms with Crippen LogP contribution in [0, 0.1) is 5.41 Å². The number of hydrogen-bond donors (Lipinski definition) is 2. The summed E-state index contributed by atoms with van der Waals surface area (Å²) in [6.45, 7) is 13.4. The van der Waals surface area contributed by atoms with Gasteiger partial charge < -0.3 is 10.0 Å². The van der Waals surface area contributed by atoms with E-state index in [0.717, 1.165) is 18.4 Å². The first kappa shape index (κ1) is 28.2. The third-order valence-electron chi connectivity index (χ3n) is 5.75. The summed E-state index contributed by atoms with van der Waals surface area (Å²) in [4.78, 5) is 46.8. The Labute approximate surface area is 206 Å². The van der Waals surface area contributed by atoms with Crippen molar-refractivity contribution in [1.82, 2.24) is 19.4 Å². The number of azo groups is 1. The van der Waals surface area contributed by atoms with Gasteiger partial charge in [-0.15, -0.1) is 0 Å². The molecule has 2 aliphatic heterocycles. The molecule has 0 unspecified atom stereocenters. The lowest BCUT2D eigenvalue weighted by Crippen LogP contribution is -2.50. The number of piperazine rings is 1. The monoisotopic (exact) mass is 497 g/mol. The molecule has 2 heterocycles. The van der Waals surface area contributed by atoms with Gasteiger partial charge in [0.2, 0.25) is 0 Å². The van der Waals surface area contributed by atoms with Crippen molar-refractivity contribution in [3.8, 4) is 0 Å². The van der Waals surface area contributed by atoms with E-state index in [1.165, 1.54) is 0 Å². The first-order valence-electron chi connectivity index (χ1n) is 11.8. The molecule has 0 aliphatic carbocycles. The number of carbonyl (C=O) groups excluding carboxylic acids is 2. The highest BCUT2D eigenvalue weighted by atomic mass is 32.2. The zero-order valence-electron chi connectivity index (χ0n) is 20.9. The van der Waals surface area contributed by atoms with Gasteiger partial charge in [0.1, 0.15) is 12.7 Å². The maximum atomic E-state index is 13.4. The van der Waals surface area contributed by atoms with Crippen LogP contribution in [0.5, 0.6) is 0 Å². The number of carboxylic acids is 1. The largest absolute Gasteiger partial charge is 0.480 e. The quantitative estimate of drug-likeness (QED) is 0.203. The van der Waals surface area contributed by atoms with Crippen molar-refractivity contribution in [2.45, 2.75) is 65.6 Å². The van der Waals surface area contributed by atoms with E-state index in [9.17, 15) is 14.4 Å². The topological polar surface area (TPSA) is 130 Å². The molecule has 34 heavy (non-hydrogen) atoms. The zero-order valence-corrected chi connectivity index (χ0v) is 21.8. The number of amides is 2. The van der Waals surface area contributed by atoms with Crippen LogP contribution < -0.4 is 4.72 Å². The van der Waals surface area contributed by atoms with Crippen molar-refractivity contribution in [3.05, 3.63) is 0 Å². The second-order valence-corrected chi connectivity index (χ2v) is 10.7. The molecule has 2 saturated heterocycles. The lowest BCUT2D eigenvalue weighted by molar-refractivity contribution is -0.140. The van der Waals surface area contributed by atoms with Gasteiger partial charge in [-0.25, -0.2) is 0 Å². The average molecular weight is 498 g/mol. The van der Waals surface area contributed by atoms with E-state index in [1.807, 2.05) is 39.5 Å². The normalized spacial score (nSPS) is 21.6. The van der Waals surface area contributed by atoms with Gasteiger partial charge in [-0.3, -0.25) is 33.9 Å². The molecule has 2 fully saturated rings. The Morgan fingerprint density at radius 1 is 1.12 bits per heavy atom. The number of carbonyl (C=O) groups is 3. The fraction of sp³-hybridized carbons (Fsp3) is 0.818. The van der Waals surface area contributed by atoms with Crippen LogP contribution in [0.3, 0.4) is 0 Å². The van der Waals surface area contributed by atoms with Gasteiger partial charge in [-0.05, 0) is 44.1 Å². The Morgan fingerprint density at radius 2 is 1.76 bits per heavy atom. The summed E-state index contributed by atoms with van der Waals surface area (Å²) >= 11 is 1.12. The lowest BCUT2D eigenvalue weighted by Gasteiger charge is -2.33. The van der Waals surface area contributed by atoms with Crippen molar-refractivity contribution in [3.63, 3.8) is 0 Å². The maximum absolute atomic E-state index is 13.4. The van der Waals surface area contributed by atoms with Crippen molar-refractivity contribution in [2.24, 2.45) is 20.6 Å². The van der Waals surface area contributed by atoms with E-state index in [1.54, 1.807) is 10.4 Å². The van der Waals surface area contributed by atoms with E-state index < -0.39 is 23.5 Å². The standard InChI is InChI=1S/C22H39N7O4S/c1-16(2)23-15-34-26-20(32)17-7-6-8-29(17)21(33)19(22(3,4)5)25-24-14-28-11-9-27(10-12-28)13-18(30)31/h15-17,19H,6-14H2,1-5H3,(H,26,32)(H,30,31)/b23-15-,25-24+/t17-,19+/m0/s1. The Kier molecular flexibility index (Phi) is 10.9. The van der Waals surface area contributed by atoms with Crippen LogP contribution in [-0.4, -0.2) is 107 Å². The van der Waals surface area contributed by atoms with Crippen molar-refractivity contribution in [1.29, 1.82) is 0 Å². The summed E-state index contributed by atoms with van der Waals surface area (Å²) < 4.78 is 2.78. The van der Waals surface area contributed by atoms with E-state index in [0.29, 0.717) is 45.8 Å². The van der Waals surface area contributed by atoms with E-state index in [4.69, 9.17) is 5.11 Å². The molecule has 2 atom stereocenters. The molecule has 0 saturated carbocycles. The minimum Gasteiger partial charge on any atom is -0.480 e. The molecule has 2 rings (SSSR count). The number of hydrogen-bond acceptors (Lipinski definition) is 9. The molecule has 0 aromatic rings. The predicted molar refractivity (Wildman–Crippen MR) is 133 cm³/mol. The molecule has 2 N–H and O–H groups in total. The fourth-order valence-corrected chi connectivity index (χ4v) is 4.45. The molecule has 2 aliphatic rings. The third-order valence-corrected chi connectivity index (χ3v) is 6.29. The summed E-state index contributed by atoms with van der Waals surface area (Å²) in [6.07, 6.45) is 1.39. The predicted octanol–water partition coefficient (Wildman–Crippen LogP) is 1.71. The Balaban J connectivity index is 1.95. The van der Waals surface area contributed by atoms with Gasteiger partial charge in [0.25, 0.3) is 11.8 Å². The number of nitrogens with zero attached hydrogens (tertiary/aromatic N) is 6. The summed E-state index contributed by atoms with van der Waals surface area (Å²) in [6, 6.07) is -1.06. The molecular weight excluding hydrogens is 458 g/mol. The minimum absolute atomic E-state index is 0.0452. The Hall–Kier alpha value is -2.05. The molecule has 0 radical (unpaired) electrons. The van der Waals surface area contributed by atoms with Crippen LogP contribution in [0.25, 0.3) is 0 Å². The molecule has 0 spiro atoms. The number of nitrogens with one attached hydrogen (secondary N) is 1. The zero-order chi connectivity index (χ0) is 25.3. The highest BCUT2D eigenvalue weighted by Gasteiger charge is 2.41. The SMILES string of the molecule is CC(C)/N=C\SNC(=O)[C@@H]1CCCN1C(=O)[C@@H](/N=N/CN1CCN(CC(=O)O)CC1)C(C)(C)C. The van der Waals surface area contributed by atoms with Gasteiger partial charge in [-0.1, -0.05) is 20.8 Å².